The predicted octanol–water partition coefficient (Wildman–Crippen LogP) is 9.43. The van der Waals surface area contributed by atoms with Gasteiger partial charge in [-0.3, -0.25) is 0 Å². The second kappa shape index (κ2) is 25.7. The highest BCUT2D eigenvalue weighted by atomic mass is 32.1. The van der Waals surface area contributed by atoms with Gasteiger partial charge in [-0.05, 0) is 24.3 Å². The van der Waals surface area contributed by atoms with Crippen molar-refractivity contribution in [2.45, 2.75) is 141 Å². The second-order valence-corrected chi connectivity index (χ2v) is 9.12. The van der Waals surface area contributed by atoms with E-state index in [0.29, 0.717) is 0 Å². The number of rotatable bonds is 23. The van der Waals surface area contributed by atoms with Crippen LogP contribution < -0.4 is 0 Å². The summed E-state index contributed by atoms with van der Waals surface area (Å²) < 4.78 is 0. The van der Waals surface area contributed by atoms with E-state index in [9.17, 15) is 0 Å². The summed E-state index contributed by atoms with van der Waals surface area (Å²) in [6.07, 6.45) is 31.8. The minimum atomic E-state index is 1.07. The van der Waals surface area contributed by atoms with Gasteiger partial charge in [0.05, 0.1) is 0 Å². The summed E-state index contributed by atoms with van der Waals surface area (Å²) in [5.74, 6) is 2.13. The first-order valence-electron chi connectivity index (χ1n) is 12.1. The number of hydrogen-bond acceptors (Lipinski definition) is 2. The largest absolute Gasteiger partial charge is 0.179 e. The quantitative estimate of drug-likeness (QED) is 0.123. The van der Waals surface area contributed by atoms with Crippen LogP contribution in [0, 0.1) is 0 Å². The molecule has 0 heterocycles. The molecule has 0 bridgehead atoms. The summed E-state index contributed by atoms with van der Waals surface area (Å²) in [5.41, 5.74) is 0. The molecule has 0 rings (SSSR count). The van der Waals surface area contributed by atoms with Crippen molar-refractivity contribution < 1.29 is 0 Å². The first kappa shape index (κ1) is 26.7. The molecule has 0 aromatic carbocycles. The topological polar surface area (TPSA) is 0 Å². The van der Waals surface area contributed by atoms with Gasteiger partial charge in [-0.25, -0.2) is 0 Å². The third-order valence-electron chi connectivity index (χ3n) is 5.57. The molecule has 0 aliphatic rings. The van der Waals surface area contributed by atoms with E-state index in [1.807, 2.05) is 0 Å². The lowest BCUT2D eigenvalue weighted by Crippen LogP contribution is -1.84. The zero-order valence-electron chi connectivity index (χ0n) is 17.9. The third kappa shape index (κ3) is 24.7. The zero-order valence-corrected chi connectivity index (χ0v) is 19.7. The van der Waals surface area contributed by atoms with Gasteiger partial charge in [-0.1, -0.05) is 128 Å². The molecule has 26 heavy (non-hydrogen) atoms. The van der Waals surface area contributed by atoms with Gasteiger partial charge in [0.2, 0.25) is 0 Å². The fourth-order valence-corrected chi connectivity index (χ4v) is 4.21. The van der Waals surface area contributed by atoms with Crippen molar-refractivity contribution >= 4 is 25.3 Å². The molecule has 2 heteroatoms. The number of thiol groups is 2. The van der Waals surface area contributed by atoms with Crippen LogP contribution in [0.3, 0.4) is 0 Å². The molecule has 0 nitrogen and oxygen atoms in total. The van der Waals surface area contributed by atoms with Gasteiger partial charge in [-0.15, -0.1) is 0 Å². The normalized spacial score (nSPS) is 11.3. The molecule has 0 N–H and O–H groups in total. The van der Waals surface area contributed by atoms with Crippen LogP contribution in [0.2, 0.25) is 0 Å². The lowest BCUT2D eigenvalue weighted by Gasteiger charge is -2.04. The average molecular weight is 403 g/mol. The average Bonchev–Trinajstić information content (AvgIpc) is 2.66. The summed E-state index contributed by atoms with van der Waals surface area (Å²) >= 11 is 8.53. The van der Waals surface area contributed by atoms with E-state index in [2.05, 4.69) is 25.3 Å². The molecule has 0 saturated heterocycles. The smallest absolute Gasteiger partial charge is 0.00979 e. The monoisotopic (exact) mass is 402 g/mol. The van der Waals surface area contributed by atoms with Crippen LogP contribution in [-0.2, 0) is 0 Å². The molecule has 0 aliphatic carbocycles. The molecule has 0 atom stereocenters. The van der Waals surface area contributed by atoms with Gasteiger partial charge in [-0.2, -0.15) is 25.3 Å². The Morgan fingerprint density at radius 3 is 0.423 bits per heavy atom. The maximum atomic E-state index is 4.27. The van der Waals surface area contributed by atoms with Crippen LogP contribution >= 0.6 is 25.3 Å². The van der Waals surface area contributed by atoms with Crippen molar-refractivity contribution in [2.75, 3.05) is 11.5 Å². The Morgan fingerprint density at radius 2 is 0.308 bits per heavy atom. The van der Waals surface area contributed by atoms with Crippen LogP contribution in [0.15, 0.2) is 0 Å². The van der Waals surface area contributed by atoms with E-state index in [0.717, 1.165) is 11.5 Å². The van der Waals surface area contributed by atoms with Crippen molar-refractivity contribution in [1.29, 1.82) is 0 Å². The molecule has 0 aromatic rings. The molecule has 0 radical (unpaired) electrons. The molecule has 0 unspecified atom stereocenters. The van der Waals surface area contributed by atoms with E-state index >= 15 is 0 Å². The van der Waals surface area contributed by atoms with E-state index < -0.39 is 0 Å². The highest BCUT2D eigenvalue weighted by molar-refractivity contribution is 7.80. The minimum Gasteiger partial charge on any atom is -0.179 e. The maximum Gasteiger partial charge on any atom is -0.00979 e. The molecular weight excluding hydrogens is 352 g/mol. The summed E-state index contributed by atoms with van der Waals surface area (Å²) in [6, 6.07) is 0. The zero-order chi connectivity index (χ0) is 19.0. The van der Waals surface area contributed by atoms with Crippen molar-refractivity contribution in [1.82, 2.24) is 0 Å². The standard InChI is InChI=1S/C24H50S2/c25-23-21-19-17-15-13-11-9-7-5-3-1-2-4-6-8-10-12-14-16-18-20-22-24-26/h25-26H,1-24H2. The molecule has 0 spiro atoms. The minimum absolute atomic E-state index is 1.07. The van der Waals surface area contributed by atoms with E-state index in [4.69, 9.17) is 0 Å². The molecule has 0 aromatic heterocycles. The molecule has 0 fully saturated rings. The fourth-order valence-electron chi connectivity index (χ4n) is 3.76. The molecule has 0 aliphatic heterocycles. The van der Waals surface area contributed by atoms with Gasteiger partial charge in [0.25, 0.3) is 0 Å². The van der Waals surface area contributed by atoms with E-state index in [1.54, 1.807) is 0 Å². The van der Waals surface area contributed by atoms with Crippen LogP contribution in [0.4, 0.5) is 0 Å². The van der Waals surface area contributed by atoms with Gasteiger partial charge in [0, 0.05) is 0 Å². The Morgan fingerprint density at radius 1 is 0.192 bits per heavy atom. The third-order valence-corrected chi connectivity index (χ3v) is 6.20. The van der Waals surface area contributed by atoms with Crippen LogP contribution in [0.1, 0.15) is 141 Å². The molecule has 158 valence electrons. The van der Waals surface area contributed by atoms with Crippen LogP contribution in [0.25, 0.3) is 0 Å². The Hall–Kier alpha value is 0.700. The van der Waals surface area contributed by atoms with Crippen molar-refractivity contribution in [2.24, 2.45) is 0 Å². The Bertz CT molecular complexity index is 206. The highest BCUT2D eigenvalue weighted by Crippen LogP contribution is 2.15. The van der Waals surface area contributed by atoms with Gasteiger partial charge >= 0.3 is 0 Å². The van der Waals surface area contributed by atoms with Crippen molar-refractivity contribution in [3.8, 4) is 0 Å². The van der Waals surface area contributed by atoms with Gasteiger partial charge < -0.3 is 0 Å². The molecule has 0 saturated carbocycles. The van der Waals surface area contributed by atoms with Crippen LogP contribution in [0.5, 0.6) is 0 Å². The SMILES string of the molecule is SCCCCCCCCCCCCCCCCCCCCCCCCS. The Balaban J connectivity index is 2.95. The first-order chi connectivity index (χ1) is 12.9. The molecular formula is C24H50S2. The van der Waals surface area contributed by atoms with Crippen molar-refractivity contribution in [3.05, 3.63) is 0 Å². The van der Waals surface area contributed by atoms with Crippen molar-refractivity contribution in [3.63, 3.8) is 0 Å². The second-order valence-electron chi connectivity index (χ2n) is 8.23. The first-order valence-corrected chi connectivity index (χ1v) is 13.4. The van der Waals surface area contributed by atoms with Gasteiger partial charge in [0.1, 0.15) is 0 Å². The predicted molar refractivity (Wildman–Crippen MR) is 129 cm³/mol. The molecule has 0 amide bonds. The summed E-state index contributed by atoms with van der Waals surface area (Å²) in [5, 5.41) is 0. The summed E-state index contributed by atoms with van der Waals surface area (Å²) in [7, 11) is 0. The van der Waals surface area contributed by atoms with Gasteiger partial charge in [0.15, 0.2) is 0 Å². The van der Waals surface area contributed by atoms with E-state index in [-0.39, 0.29) is 0 Å². The summed E-state index contributed by atoms with van der Waals surface area (Å²) in [4.78, 5) is 0. The Labute approximate surface area is 177 Å². The van der Waals surface area contributed by atoms with E-state index in [1.165, 1.54) is 141 Å². The number of unbranched alkanes of at least 4 members (excludes halogenated alkanes) is 21. The van der Waals surface area contributed by atoms with Crippen LogP contribution in [-0.4, -0.2) is 11.5 Å². The summed E-state index contributed by atoms with van der Waals surface area (Å²) in [6.45, 7) is 0. The maximum absolute atomic E-state index is 4.27. The highest BCUT2D eigenvalue weighted by Gasteiger charge is 1.95. The lowest BCUT2D eigenvalue weighted by molar-refractivity contribution is 0.520. The Kier molecular flexibility index (Phi) is 26.4. The number of hydrogen-bond donors (Lipinski definition) is 2. The lowest BCUT2D eigenvalue weighted by atomic mass is 10.0. The fraction of sp³-hybridized carbons (Fsp3) is 1.00.